The SMILES string of the molecule is COc1cc(-c2cc(CN3CCN(Cc4ccnc(-c5cc(OC)c(OC)c(OC)c5)c4)[C@@H](C(C)C)C3)ccn2)cc(OC)c1OC. The van der Waals surface area contributed by atoms with E-state index in [4.69, 9.17) is 28.4 Å². The topological polar surface area (TPSA) is 87.6 Å². The van der Waals surface area contributed by atoms with Crippen LogP contribution in [0.2, 0.25) is 0 Å². The number of benzene rings is 2. The van der Waals surface area contributed by atoms with Crippen molar-refractivity contribution in [3.05, 3.63) is 72.1 Å². The third-order valence-electron chi connectivity index (χ3n) is 8.75. The maximum Gasteiger partial charge on any atom is 0.203 e. The summed E-state index contributed by atoms with van der Waals surface area (Å²) in [5, 5.41) is 0. The highest BCUT2D eigenvalue weighted by atomic mass is 16.5. The van der Waals surface area contributed by atoms with Crippen molar-refractivity contribution in [2.24, 2.45) is 5.92 Å². The lowest BCUT2D eigenvalue weighted by Crippen LogP contribution is -2.54. The zero-order valence-corrected chi connectivity index (χ0v) is 28.7. The molecule has 2 aromatic carbocycles. The second-order valence-electron chi connectivity index (χ2n) is 11.9. The van der Waals surface area contributed by atoms with E-state index in [0.29, 0.717) is 46.5 Å². The molecule has 1 aliphatic rings. The summed E-state index contributed by atoms with van der Waals surface area (Å²) in [6, 6.07) is 16.7. The standard InChI is InChI=1S/C37H46N4O6/c1-24(2)31-23-40(21-25-9-11-38-29(15-25)27-17-32(42-3)36(46-7)33(18-27)43-4)13-14-41(31)22-26-10-12-39-30(16-26)28-19-34(44-5)37(47-8)35(20-28)45-6/h9-12,15-20,24,31H,13-14,21-23H2,1-8H3/t31-/m1/s1. The fraction of sp³-hybridized carbons (Fsp3) is 0.405. The summed E-state index contributed by atoms with van der Waals surface area (Å²) < 4.78 is 33.3. The monoisotopic (exact) mass is 642 g/mol. The van der Waals surface area contributed by atoms with Crippen molar-refractivity contribution < 1.29 is 28.4 Å². The summed E-state index contributed by atoms with van der Waals surface area (Å²) in [4.78, 5) is 14.5. The second kappa shape index (κ2) is 15.4. The molecule has 5 rings (SSSR count). The van der Waals surface area contributed by atoms with Crippen LogP contribution in [0, 0.1) is 5.92 Å². The number of hydrogen-bond donors (Lipinski definition) is 0. The number of aromatic nitrogens is 2. The van der Waals surface area contributed by atoms with Crippen molar-refractivity contribution in [3.8, 4) is 57.0 Å². The average molecular weight is 643 g/mol. The normalized spacial score (nSPS) is 15.4. The van der Waals surface area contributed by atoms with Gasteiger partial charge >= 0.3 is 0 Å². The van der Waals surface area contributed by atoms with E-state index in [0.717, 1.165) is 55.2 Å². The lowest BCUT2D eigenvalue weighted by Gasteiger charge is -2.43. The molecule has 0 saturated carbocycles. The third-order valence-corrected chi connectivity index (χ3v) is 8.75. The van der Waals surface area contributed by atoms with Gasteiger partial charge in [-0.1, -0.05) is 13.8 Å². The van der Waals surface area contributed by atoms with E-state index in [-0.39, 0.29) is 0 Å². The number of hydrogen-bond acceptors (Lipinski definition) is 10. The molecule has 10 heteroatoms. The maximum absolute atomic E-state index is 5.58. The van der Waals surface area contributed by atoms with E-state index in [9.17, 15) is 0 Å². The van der Waals surface area contributed by atoms with Gasteiger partial charge in [-0.3, -0.25) is 19.8 Å². The highest BCUT2D eigenvalue weighted by Crippen LogP contribution is 2.42. The van der Waals surface area contributed by atoms with Gasteiger partial charge in [0.1, 0.15) is 0 Å². The van der Waals surface area contributed by atoms with Gasteiger partial charge in [0, 0.05) is 62.3 Å². The van der Waals surface area contributed by atoms with Crippen LogP contribution in [-0.2, 0) is 13.1 Å². The Bertz CT molecular complexity index is 1610. The number of rotatable bonds is 13. The molecule has 10 nitrogen and oxygen atoms in total. The molecule has 2 aromatic heterocycles. The van der Waals surface area contributed by atoms with E-state index in [2.05, 4.69) is 57.9 Å². The average Bonchev–Trinajstić information content (AvgIpc) is 3.10. The molecule has 4 aromatic rings. The highest BCUT2D eigenvalue weighted by Gasteiger charge is 2.29. The molecule has 47 heavy (non-hydrogen) atoms. The van der Waals surface area contributed by atoms with Gasteiger partial charge in [-0.15, -0.1) is 0 Å². The van der Waals surface area contributed by atoms with Gasteiger partial charge < -0.3 is 28.4 Å². The quantitative estimate of drug-likeness (QED) is 0.168. The summed E-state index contributed by atoms with van der Waals surface area (Å²) in [5.74, 6) is 4.05. The van der Waals surface area contributed by atoms with Gasteiger partial charge in [0.15, 0.2) is 23.0 Å². The molecule has 0 spiro atoms. The van der Waals surface area contributed by atoms with Crippen molar-refractivity contribution >= 4 is 0 Å². The molecule has 0 amide bonds. The van der Waals surface area contributed by atoms with Crippen molar-refractivity contribution in [1.29, 1.82) is 0 Å². The summed E-state index contributed by atoms with van der Waals surface area (Å²) >= 11 is 0. The Kier molecular flexibility index (Phi) is 11.1. The molecular formula is C37H46N4O6. The van der Waals surface area contributed by atoms with Crippen LogP contribution in [0.4, 0.5) is 0 Å². The summed E-state index contributed by atoms with van der Waals surface area (Å²) in [7, 11) is 9.71. The van der Waals surface area contributed by atoms with Gasteiger partial charge in [-0.2, -0.15) is 0 Å². The van der Waals surface area contributed by atoms with Crippen molar-refractivity contribution in [1.82, 2.24) is 19.8 Å². The van der Waals surface area contributed by atoms with Crippen LogP contribution in [0.1, 0.15) is 25.0 Å². The molecule has 1 aliphatic heterocycles. The number of methoxy groups -OCH3 is 6. The summed E-state index contributed by atoms with van der Waals surface area (Å²) in [6.07, 6.45) is 3.75. The smallest absolute Gasteiger partial charge is 0.203 e. The van der Waals surface area contributed by atoms with Crippen LogP contribution in [-0.4, -0.2) is 88.1 Å². The summed E-state index contributed by atoms with van der Waals surface area (Å²) in [5.41, 5.74) is 5.98. The molecule has 1 atom stereocenters. The van der Waals surface area contributed by atoms with Crippen LogP contribution >= 0.6 is 0 Å². The highest BCUT2D eigenvalue weighted by molar-refractivity contribution is 5.70. The van der Waals surface area contributed by atoms with Gasteiger partial charge in [0.2, 0.25) is 11.5 Å². The van der Waals surface area contributed by atoms with Crippen LogP contribution in [0.15, 0.2) is 60.9 Å². The minimum atomic E-state index is 0.401. The van der Waals surface area contributed by atoms with Gasteiger partial charge in [0.05, 0.1) is 54.0 Å². The Labute approximate surface area is 278 Å². The van der Waals surface area contributed by atoms with Crippen molar-refractivity contribution in [2.45, 2.75) is 33.0 Å². The largest absolute Gasteiger partial charge is 0.493 e. The van der Waals surface area contributed by atoms with Crippen LogP contribution < -0.4 is 28.4 Å². The lowest BCUT2D eigenvalue weighted by molar-refractivity contribution is 0.0404. The first-order chi connectivity index (χ1) is 22.8. The molecule has 3 heterocycles. The van der Waals surface area contributed by atoms with E-state index in [1.807, 2.05) is 36.7 Å². The first-order valence-electron chi connectivity index (χ1n) is 15.8. The molecule has 250 valence electrons. The Hall–Kier alpha value is -4.54. The first-order valence-corrected chi connectivity index (χ1v) is 15.8. The number of nitrogens with zero attached hydrogens (tertiary/aromatic N) is 4. The molecule has 0 aliphatic carbocycles. The van der Waals surface area contributed by atoms with E-state index in [1.54, 1.807) is 42.7 Å². The second-order valence-corrected chi connectivity index (χ2v) is 11.9. The Morgan fingerprint density at radius 3 is 1.47 bits per heavy atom. The Morgan fingerprint density at radius 2 is 1.06 bits per heavy atom. The van der Waals surface area contributed by atoms with Gasteiger partial charge in [-0.25, -0.2) is 0 Å². The van der Waals surface area contributed by atoms with Crippen LogP contribution in [0.5, 0.6) is 34.5 Å². The van der Waals surface area contributed by atoms with Gasteiger partial charge in [-0.05, 0) is 65.6 Å². The molecule has 0 N–H and O–H groups in total. The van der Waals surface area contributed by atoms with E-state index >= 15 is 0 Å². The zero-order valence-electron chi connectivity index (χ0n) is 28.7. The molecule has 0 bridgehead atoms. The molecule has 0 unspecified atom stereocenters. The van der Waals surface area contributed by atoms with Crippen molar-refractivity contribution in [3.63, 3.8) is 0 Å². The van der Waals surface area contributed by atoms with Crippen molar-refractivity contribution in [2.75, 3.05) is 62.3 Å². The number of ether oxygens (including phenoxy) is 6. The predicted octanol–water partition coefficient (Wildman–Crippen LogP) is 6.20. The lowest BCUT2D eigenvalue weighted by atomic mass is 9.98. The third kappa shape index (κ3) is 7.55. The zero-order chi connectivity index (χ0) is 33.5. The number of piperazine rings is 1. The fourth-order valence-electron chi connectivity index (χ4n) is 6.29. The number of pyridine rings is 2. The summed E-state index contributed by atoms with van der Waals surface area (Å²) in [6.45, 7) is 9.22. The van der Waals surface area contributed by atoms with Crippen LogP contribution in [0.25, 0.3) is 22.5 Å². The Morgan fingerprint density at radius 1 is 0.617 bits per heavy atom. The fourth-order valence-corrected chi connectivity index (χ4v) is 6.29. The Balaban J connectivity index is 1.30. The first kappa shape index (κ1) is 33.8. The molecule has 0 radical (unpaired) electrons. The molecule has 1 fully saturated rings. The van der Waals surface area contributed by atoms with Gasteiger partial charge in [0.25, 0.3) is 0 Å². The maximum atomic E-state index is 5.58. The molecular weight excluding hydrogens is 596 g/mol. The predicted molar refractivity (Wildman–Crippen MR) is 183 cm³/mol. The van der Waals surface area contributed by atoms with Crippen LogP contribution in [0.3, 0.4) is 0 Å². The minimum absolute atomic E-state index is 0.401. The molecule has 1 saturated heterocycles. The van der Waals surface area contributed by atoms with E-state index < -0.39 is 0 Å². The minimum Gasteiger partial charge on any atom is -0.493 e. The van der Waals surface area contributed by atoms with E-state index in [1.165, 1.54) is 11.1 Å².